The van der Waals surface area contributed by atoms with Crippen LogP contribution in [0.4, 0.5) is 0 Å². The summed E-state index contributed by atoms with van der Waals surface area (Å²) in [5.74, 6) is 0.889. The third kappa shape index (κ3) is 9.13. The van der Waals surface area contributed by atoms with Gasteiger partial charge in [-0.25, -0.2) is 4.99 Å². The van der Waals surface area contributed by atoms with Crippen molar-refractivity contribution in [2.75, 3.05) is 72.1 Å². The van der Waals surface area contributed by atoms with E-state index in [-0.39, 0.29) is 24.0 Å². The fourth-order valence-electron chi connectivity index (χ4n) is 4.18. The topological polar surface area (TPSA) is 55.4 Å². The first-order chi connectivity index (χ1) is 15.2. The summed E-state index contributed by atoms with van der Waals surface area (Å²) in [6.45, 7) is 19.7. The summed E-state index contributed by atoms with van der Waals surface area (Å²) in [4.78, 5) is 12.4. The van der Waals surface area contributed by atoms with E-state index >= 15 is 0 Å². The zero-order chi connectivity index (χ0) is 21.9. The first-order valence-corrected chi connectivity index (χ1v) is 12.0. The van der Waals surface area contributed by atoms with Crippen LogP contribution in [0.1, 0.15) is 31.9 Å². The van der Waals surface area contributed by atoms with Crippen LogP contribution in [0.2, 0.25) is 0 Å². The molecule has 0 amide bonds. The van der Waals surface area contributed by atoms with Crippen molar-refractivity contribution in [3.05, 3.63) is 35.4 Å². The Kier molecular flexibility index (Phi) is 12.8. The number of halogens is 1. The lowest BCUT2D eigenvalue weighted by Gasteiger charge is -2.34. The summed E-state index contributed by atoms with van der Waals surface area (Å²) in [7, 11) is 0. The Hall–Kier alpha value is -0.940. The quantitative estimate of drug-likeness (QED) is 0.276. The second-order valence-corrected chi connectivity index (χ2v) is 8.60. The standard InChI is InChI=1S/C24H42N6O.HI/c1-4-25-24(26-18-21(3)30-14-16-31-17-15-30)27-19-22-6-8-23(9-7-22)20-29-12-10-28(5-2)11-13-29;/h6-9,21H,4-5,10-20H2,1-3H3,(H2,25,26,27);1H. The van der Waals surface area contributed by atoms with E-state index in [1.165, 1.54) is 43.9 Å². The van der Waals surface area contributed by atoms with E-state index in [2.05, 4.69) is 70.4 Å². The Bertz CT molecular complexity index is 657. The number of benzene rings is 1. The van der Waals surface area contributed by atoms with E-state index in [4.69, 9.17) is 9.73 Å². The molecule has 32 heavy (non-hydrogen) atoms. The van der Waals surface area contributed by atoms with Crippen LogP contribution in [-0.2, 0) is 17.8 Å². The summed E-state index contributed by atoms with van der Waals surface area (Å²) >= 11 is 0. The molecule has 0 bridgehead atoms. The lowest BCUT2D eigenvalue weighted by molar-refractivity contribution is 0.0211. The minimum Gasteiger partial charge on any atom is -0.379 e. The molecule has 2 heterocycles. The molecule has 2 aliphatic rings. The summed E-state index contributed by atoms with van der Waals surface area (Å²) < 4.78 is 5.46. The summed E-state index contributed by atoms with van der Waals surface area (Å²) in [5.41, 5.74) is 2.64. The second-order valence-electron chi connectivity index (χ2n) is 8.60. The molecule has 7 nitrogen and oxygen atoms in total. The summed E-state index contributed by atoms with van der Waals surface area (Å²) in [6.07, 6.45) is 0. The van der Waals surface area contributed by atoms with Crippen molar-refractivity contribution in [2.45, 2.75) is 39.9 Å². The Morgan fingerprint density at radius 2 is 1.56 bits per heavy atom. The smallest absolute Gasteiger partial charge is 0.191 e. The van der Waals surface area contributed by atoms with Crippen molar-refractivity contribution in [3.63, 3.8) is 0 Å². The highest BCUT2D eigenvalue weighted by Gasteiger charge is 2.17. The number of likely N-dealkylation sites (N-methyl/N-ethyl adjacent to an activating group) is 1. The number of ether oxygens (including phenoxy) is 1. The molecule has 1 aromatic rings. The van der Waals surface area contributed by atoms with Gasteiger partial charge < -0.3 is 20.3 Å². The molecule has 1 unspecified atom stereocenters. The molecule has 3 rings (SSSR count). The normalized spacial score (nSPS) is 19.9. The van der Waals surface area contributed by atoms with Crippen LogP contribution in [0.25, 0.3) is 0 Å². The molecular formula is C24H43IN6O. The van der Waals surface area contributed by atoms with Gasteiger partial charge in [-0.15, -0.1) is 24.0 Å². The van der Waals surface area contributed by atoms with Crippen molar-refractivity contribution in [1.29, 1.82) is 0 Å². The Labute approximate surface area is 212 Å². The largest absolute Gasteiger partial charge is 0.379 e. The number of aliphatic imine (C=N–C) groups is 1. The molecule has 2 fully saturated rings. The van der Waals surface area contributed by atoms with Gasteiger partial charge in [0.05, 0.1) is 19.8 Å². The second kappa shape index (κ2) is 15.1. The van der Waals surface area contributed by atoms with E-state index in [0.29, 0.717) is 12.6 Å². The number of nitrogens with zero attached hydrogens (tertiary/aromatic N) is 4. The maximum atomic E-state index is 5.46. The highest BCUT2D eigenvalue weighted by Crippen LogP contribution is 2.11. The van der Waals surface area contributed by atoms with Gasteiger partial charge in [0.25, 0.3) is 0 Å². The van der Waals surface area contributed by atoms with Crippen LogP contribution in [0, 0.1) is 0 Å². The molecule has 1 atom stereocenters. The SMILES string of the molecule is CCNC(=NCc1ccc(CN2CCN(CC)CC2)cc1)NCC(C)N1CCOCC1.I. The highest BCUT2D eigenvalue weighted by molar-refractivity contribution is 14.0. The number of hydrogen-bond donors (Lipinski definition) is 2. The molecule has 0 aromatic heterocycles. The molecule has 182 valence electrons. The predicted molar refractivity (Wildman–Crippen MR) is 144 cm³/mol. The summed E-state index contributed by atoms with van der Waals surface area (Å²) in [5, 5.41) is 6.88. The van der Waals surface area contributed by atoms with E-state index in [1.54, 1.807) is 0 Å². The number of rotatable bonds is 9. The third-order valence-electron chi connectivity index (χ3n) is 6.34. The molecule has 0 radical (unpaired) electrons. The van der Waals surface area contributed by atoms with E-state index in [1.807, 2.05) is 0 Å². The van der Waals surface area contributed by atoms with Gasteiger partial charge in [-0.3, -0.25) is 9.80 Å². The molecule has 0 spiro atoms. The average molecular weight is 559 g/mol. The molecule has 0 saturated carbocycles. The zero-order valence-corrected chi connectivity index (χ0v) is 22.5. The number of morpholine rings is 1. The molecule has 2 N–H and O–H groups in total. The molecule has 8 heteroatoms. The third-order valence-corrected chi connectivity index (χ3v) is 6.34. The first-order valence-electron chi connectivity index (χ1n) is 12.0. The lowest BCUT2D eigenvalue weighted by Crippen LogP contribution is -2.49. The van der Waals surface area contributed by atoms with Crippen molar-refractivity contribution in [2.24, 2.45) is 4.99 Å². The fourth-order valence-corrected chi connectivity index (χ4v) is 4.18. The predicted octanol–water partition coefficient (Wildman–Crippen LogP) is 2.22. The lowest BCUT2D eigenvalue weighted by atomic mass is 10.1. The van der Waals surface area contributed by atoms with Gasteiger partial charge in [0.2, 0.25) is 0 Å². The minimum absolute atomic E-state index is 0. The highest BCUT2D eigenvalue weighted by atomic mass is 127. The fraction of sp³-hybridized carbons (Fsp3) is 0.708. The van der Waals surface area contributed by atoms with Crippen LogP contribution in [0.3, 0.4) is 0 Å². The van der Waals surface area contributed by atoms with Gasteiger partial charge in [-0.05, 0) is 31.5 Å². The van der Waals surface area contributed by atoms with E-state index < -0.39 is 0 Å². The number of hydrogen-bond acceptors (Lipinski definition) is 5. The van der Waals surface area contributed by atoms with E-state index in [0.717, 1.165) is 51.9 Å². The van der Waals surface area contributed by atoms with Crippen molar-refractivity contribution >= 4 is 29.9 Å². The maximum Gasteiger partial charge on any atom is 0.191 e. The van der Waals surface area contributed by atoms with Crippen LogP contribution in [0.5, 0.6) is 0 Å². The van der Waals surface area contributed by atoms with Gasteiger partial charge in [0.15, 0.2) is 5.96 Å². The molecule has 2 saturated heterocycles. The van der Waals surface area contributed by atoms with Gasteiger partial charge in [0.1, 0.15) is 0 Å². The zero-order valence-electron chi connectivity index (χ0n) is 20.2. The van der Waals surface area contributed by atoms with Gasteiger partial charge in [-0.1, -0.05) is 31.2 Å². The monoisotopic (exact) mass is 558 g/mol. The van der Waals surface area contributed by atoms with Gasteiger partial charge in [0, 0.05) is 64.9 Å². The molecule has 2 aliphatic heterocycles. The molecular weight excluding hydrogens is 515 g/mol. The average Bonchev–Trinajstić information content (AvgIpc) is 2.82. The minimum atomic E-state index is 0. The van der Waals surface area contributed by atoms with Crippen LogP contribution < -0.4 is 10.6 Å². The van der Waals surface area contributed by atoms with Crippen LogP contribution >= 0.6 is 24.0 Å². The molecule has 0 aliphatic carbocycles. The van der Waals surface area contributed by atoms with Crippen molar-refractivity contribution in [3.8, 4) is 0 Å². The van der Waals surface area contributed by atoms with Gasteiger partial charge >= 0.3 is 0 Å². The van der Waals surface area contributed by atoms with E-state index in [9.17, 15) is 0 Å². The Balaban J connectivity index is 0.00000363. The van der Waals surface area contributed by atoms with Crippen molar-refractivity contribution < 1.29 is 4.74 Å². The number of guanidine groups is 1. The Morgan fingerprint density at radius 1 is 0.938 bits per heavy atom. The number of nitrogens with one attached hydrogen (secondary N) is 2. The van der Waals surface area contributed by atoms with Crippen LogP contribution in [-0.4, -0.2) is 98.8 Å². The maximum absolute atomic E-state index is 5.46. The number of piperazine rings is 1. The first kappa shape index (κ1) is 27.3. The van der Waals surface area contributed by atoms with Crippen LogP contribution in [0.15, 0.2) is 29.3 Å². The van der Waals surface area contributed by atoms with Gasteiger partial charge in [-0.2, -0.15) is 0 Å². The molecule has 1 aromatic carbocycles. The summed E-state index contributed by atoms with van der Waals surface area (Å²) in [6, 6.07) is 9.43. The van der Waals surface area contributed by atoms with Crippen molar-refractivity contribution in [1.82, 2.24) is 25.3 Å². The Morgan fingerprint density at radius 3 is 2.19 bits per heavy atom.